The lowest BCUT2D eigenvalue weighted by molar-refractivity contribution is 0.596. The zero-order valence-corrected chi connectivity index (χ0v) is 23.5. The molecule has 0 atom stereocenters. The third-order valence-corrected chi connectivity index (χ3v) is 11.3. The first-order valence-corrected chi connectivity index (χ1v) is 16.1. The molecular weight excluding hydrogens is 454 g/mol. The molecule has 3 aromatic carbocycles. The van der Waals surface area contributed by atoms with E-state index in [1.807, 2.05) is 6.20 Å². The molecule has 0 spiro atoms. The van der Waals surface area contributed by atoms with Crippen molar-refractivity contribution in [2.24, 2.45) is 5.92 Å². The zero-order chi connectivity index (χ0) is 25.4. The van der Waals surface area contributed by atoms with Gasteiger partial charge in [0.15, 0.2) is 5.58 Å². The van der Waals surface area contributed by atoms with Crippen LogP contribution in [0.3, 0.4) is 0 Å². The monoisotopic (exact) mass is 489 g/mol. The van der Waals surface area contributed by atoms with Crippen molar-refractivity contribution in [1.29, 1.82) is 0 Å². The van der Waals surface area contributed by atoms with E-state index in [2.05, 4.69) is 108 Å². The van der Waals surface area contributed by atoms with E-state index in [0.29, 0.717) is 5.92 Å². The van der Waals surface area contributed by atoms with Gasteiger partial charge >= 0.3 is 0 Å². The largest absolute Gasteiger partial charge is 0.454 e. The summed E-state index contributed by atoms with van der Waals surface area (Å²) in [6.07, 6.45) is 3.09. The number of rotatable bonds is 3. The minimum atomic E-state index is -1.91. The van der Waals surface area contributed by atoms with Crippen LogP contribution in [0.1, 0.15) is 45.7 Å². The number of fused-ring (bicyclic) bond motifs is 6. The fourth-order valence-corrected chi connectivity index (χ4v) is 9.46. The molecular formula is C33H35NOSi. The van der Waals surface area contributed by atoms with Crippen LogP contribution in [0, 0.1) is 5.92 Å². The first-order chi connectivity index (χ1) is 17.1. The Kier molecular flexibility index (Phi) is 5.11. The van der Waals surface area contributed by atoms with Crippen molar-refractivity contribution < 1.29 is 4.42 Å². The van der Waals surface area contributed by atoms with E-state index in [4.69, 9.17) is 9.40 Å². The minimum absolute atomic E-state index is 0.0238. The van der Waals surface area contributed by atoms with Gasteiger partial charge in [-0.2, -0.15) is 0 Å². The Labute approximate surface area is 215 Å². The minimum Gasteiger partial charge on any atom is -0.454 e. The Bertz CT molecular complexity index is 1650. The summed E-state index contributed by atoms with van der Waals surface area (Å²) in [7, 11) is -1.91. The molecule has 1 aliphatic heterocycles. The normalized spacial score (nSPS) is 14.6. The average molecular weight is 490 g/mol. The van der Waals surface area contributed by atoms with E-state index >= 15 is 0 Å². The lowest BCUT2D eigenvalue weighted by atomic mass is 9.82. The molecule has 0 bridgehead atoms. The van der Waals surface area contributed by atoms with Gasteiger partial charge in [0.1, 0.15) is 19.5 Å². The third-order valence-electron chi connectivity index (χ3n) is 7.82. The van der Waals surface area contributed by atoms with Gasteiger partial charge in [-0.3, -0.25) is 4.98 Å². The zero-order valence-electron chi connectivity index (χ0n) is 22.5. The second-order valence-electron chi connectivity index (χ2n) is 12.4. The molecule has 182 valence electrons. The summed E-state index contributed by atoms with van der Waals surface area (Å²) < 4.78 is 6.79. The molecule has 3 heterocycles. The number of hydrogen-bond donors (Lipinski definition) is 0. The van der Waals surface area contributed by atoms with Crippen LogP contribution >= 0.6 is 0 Å². The summed E-state index contributed by atoms with van der Waals surface area (Å²) in [6.45, 7) is 16.4. The quantitative estimate of drug-likeness (QED) is 0.240. The summed E-state index contributed by atoms with van der Waals surface area (Å²) in [6, 6.07) is 22.5. The van der Waals surface area contributed by atoms with Gasteiger partial charge in [-0.05, 0) is 68.2 Å². The Hall–Kier alpha value is -3.17. The molecule has 0 amide bonds. The molecule has 0 saturated heterocycles. The molecule has 36 heavy (non-hydrogen) atoms. The maximum absolute atomic E-state index is 6.79. The third kappa shape index (κ3) is 3.48. The van der Waals surface area contributed by atoms with E-state index in [0.717, 1.165) is 29.0 Å². The van der Waals surface area contributed by atoms with Crippen molar-refractivity contribution in [2.45, 2.75) is 59.5 Å². The SMILES string of the molecule is CC(C)Cc1ccc2c(c1)[Si](C)(C)c1c-2oc2c(-c3cc(C(C)(C)C)c4ccccc4c3)nccc12. The van der Waals surface area contributed by atoms with Gasteiger partial charge in [0.05, 0.1) is 0 Å². The smallest absolute Gasteiger partial charge is 0.160 e. The lowest BCUT2D eigenvalue weighted by Crippen LogP contribution is -2.49. The van der Waals surface area contributed by atoms with Crippen molar-refractivity contribution in [3.63, 3.8) is 0 Å². The van der Waals surface area contributed by atoms with Crippen LogP contribution in [0.15, 0.2) is 71.3 Å². The second-order valence-corrected chi connectivity index (χ2v) is 16.7. The molecule has 5 aromatic rings. The Morgan fingerprint density at radius 2 is 1.69 bits per heavy atom. The number of hydrogen-bond acceptors (Lipinski definition) is 2. The van der Waals surface area contributed by atoms with Gasteiger partial charge < -0.3 is 4.42 Å². The summed E-state index contributed by atoms with van der Waals surface area (Å²) in [4.78, 5) is 4.89. The molecule has 0 radical (unpaired) electrons. The van der Waals surface area contributed by atoms with E-state index in [-0.39, 0.29) is 5.41 Å². The predicted octanol–water partition coefficient (Wildman–Crippen LogP) is 7.95. The molecule has 3 heteroatoms. The van der Waals surface area contributed by atoms with Gasteiger partial charge in [-0.15, -0.1) is 0 Å². The first-order valence-electron chi connectivity index (χ1n) is 13.1. The molecule has 0 aliphatic carbocycles. The highest BCUT2D eigenvalue weighted by molar-refractivity contribution is 7.05. The summed E-state index contributed by atoms with van der Waals surface area (Å²) in [5.74, 6) is 1.72. The summed E-state index contributed by atoms with van der Waals surface area (Å²) in [5.41, 5.74) is 7.08. The highest BCUT2D eigenvalue weighted by atomic mass is 28.3. The highest BCUT2D eigenvalue weighted by Crippen LogP contribution is 2.40. The van der Waals surface area contributed by atoms with E-state index < -0.39 is 8.07 Å². The second kappa shape index (κ2) is 7.91. The van der Waals surface area contributed by atoms with Gasteiger partial charge in [-0.1, -0.05) is 90.2 Å². The fourth-order valence-electron chi connectivity index (χ4n) is 6.15. The number of aromatic nitrogens is 1. The Morgan fingerprint density at radius 3 is 2.44 bits per heavy atom. The van der Waals surface area contributed by atoms with Crippen molar-refractivity contribution in [3.8, 4) is 22.6 Å². The topological polar surface area (TPSA) is 26.0 Å². The number of furan rings is 1. The first kappa shape index (κ1) is 23.2. The van der Waals surface area contributed by atoms with Crippen molar-refractivity contribution >= 4 is 40.2 Å². The summed E-state index contributed by atoms with van der Waals surface area (Å²) in [5, 5.41) is 6.72. The van der Waals surface area contributed by atoms with E-state index in [1.54, 1.807) is 0 Å². The molecule has 6 rings (SSSR count). The number of nitrogens with zero attached hydrogens (tertiary/aromatic N) is 1. The molecule has 1 aliphatic rings. The van der Waals surface area contributed by atoms with Gasteiger partial charge in [0.2, 0.25) is 0 Å². The van der Waals surface area contributed by atoms with Crippen molar-refractivity contribution in [2.75, 3.05) is 0 Å². The van der Waals surface area contributed by atoms with Gasteiger partial charge in [0, 0.05) is 22.7 Å². The molecule has 2 aromatic heterocycles. The van der Waals surface area contributed by atoms with Crippen LogP contribution in [-0.4, -0.2) is 13.1 Å². The standard InChI is InChI=1S/C33H35NOSi/c1-20(2)16-21-12-13-25-28(17-21)36(6,7)32-26-14-15-34-29(30(26)35-31(25)32)23-18-22-10-8-9-11-24(22)27(19-23)33(3,4)5/h8-15,17-20H,16H2,1-7H3. The molecule has 2 nitrogen and oxygen atoms in total. The van der Waals surface area contributed by atoms with Crippen molar-refractivity contribution in [3.05, 3.63) is 78.0 Å². The summed E-state index contributed by atoms with van der Waals surface area (Å²) >= 11 is 0. The predicted molar refractivity (Wildman–Crippen MR) is 156 cm³/mol. The van der Waals surface area contributed by atoms with Crippen LogP contribution in [0.4, 0.5) is 0 Å². The fraction of sp³-hybridized carbons (Fsp3) is 0.303. The van der Waals surface area contributed by atoms with Crippen LogP contribution < -0.4 is 10.4 Å². The Balaban J connectivity index is 1.58. The molecule has 0 unspecified atom stereocenters. The highest BCUT2D eigenvalue weighted by Gasteiger charge is 2.42. The van der Waals surface area contributed by atoms with Crippen LogP contribution in [-0.2, 0) is 11.8 Å². The van der Waals surface area contributed by atoms with E-state index in [9.17, 15) is 0 Å². The van der Waals surface area contributed by atoms with Crippen LogP contribution in [0.25, 0.3) is 44.3 Å². The van der Waals surface area contributed by atoms with Crippen LogP contribution in [0.2, 0.25) is 13.1 Å². The maximum Gasteiger partial charge on any atom is 0.160 e. The number of pyridine rings is 1. The van der Waals surface area contributed by atoms with Crippen molar-refractivity contribution in [1.82, 2.24) is 4.98 Å². The van der Waals surface area contributed by atoms with Gasteiger partial charge in [0.25, 0.3) is 0 Å². The van der Waals surface area contributed by atoms with Crippen LogP contribution in [0.5, 0.6) is 0 Å². The maximum atomic E-state index is 6.79. The average Bonchev–Trinajstić information content (AvgIpc) is 3.31. The number of benzene rings is 3. The molecule has 0 N–H and O–H groups in total. The molecule has 0 saturated carbocycles. The van der Waals surface area contributed by atoms with Gasteiger partial charge in [-0.25, -0.2) is 0 Å². The Morgan fingerprint density at radius 1 is 0.917 bits per heavy atom. The van der Waals surface area contributed by atoms with E-state index in [1.165, 1.54) is 43.2 Å². The lowest BCUT2D eigenvalue weighted by Gasteiger charge is -2.23. The molecule has 0 fully saturated rings.